The number of nitrogens with one attached hydrogen (secondary N) is 1. The molecule has 0 saturated carbocycles. The van der Waals surface area contributed by atoms with Crippen LogP contribution >= 0.6 is 15.9 Å². The summed E-state index contributed by atoms with van der Waals surface area (Å²) < 4.78 is 13.4. The summed E-state index contributed by atoms with van der Waals surface area (Å²) in [6.07, 6.45) is 0. The number of benzene rings is 2. The van der Waals surface area contributed by atoms with Crippen LogP contribution in [0.1, 0.15) is 10.4 Å². The Balaban J connectivity index is 1.39. The van der Waals surface area contributed by atoms with Crippen LogP contribution in [0.3, 0.4) is 0 Å². The van der Waals surface area contributed by atoms with E-state index in [-0.39, 0.29) is 12.5 Å². The van der Waals surface area contributed by atoms with E-state index >= 15 is 0 Å². The molecule has 0 radical (unpaired) electrons. The summed E-state index contributed by atoms with van der Waals surface area (Å²) in [4.78, 5) is 12.1. The average Bonchev–Trinajstić information content (AvgIpc) is 3.20. The standard InChI is InChI=1S/C21H18BrN5O3/c1-29-17-8-4-14(5-9-17)20-25-24-18-10-11-19(26-27(18)20)30-13-12-23-21(28)15-2-6-16(22)7-3-15/h2-11H,12-13H2,1H3,(H,23,28). The Hall–Kier alpha value is -3.46. The van der Waals surface area contributed by atoms with Crippen molar-refractivity contribution >= 4 is 27.5 Å². The SMILES string of the molecule is COc1ccc(-c2nnc3ccc(OCCNC(=O)c4ccc(Br)cc4)nn23)cc1. The smallest absolute Gasteiger partial charge is 0.251 e. The predicted octanol–water partition coefficient (Wildman–Crippen LogP) is 3.37. The molecule has 2 heterocycles. The second-order valence-electron chi connectivity index (χ2n) is 6.30. The maximum absolute atomic E-state index is 12.1. The highest BCUT2D eigenvalue weighted by Crippen LogP contribution is 2.21. The zero-order valence-corrected chi connectivity index (χ0v) is 17.7. The average molecular weight is 468 g/mol. The molecule has 0 bridgehead atoms. The molecule has 1 N–H and O–H groups in total. The molecule has 152 valence electrons. The summed E-state index contributed by atoms with van der Waals surface area (Å²) in [7, 11) is 1.62. The minimum absolute atomic E-state index is 0.157. The minimum Gasteiger partial charge on any atom is -0.497 e. The molecule has 0 fully saturated rings. The van der Waals surface area contributed by atoms with Gasteiger partial charge in [-0.3, -0.25) is 4.79 Å². The van der Waals surface area contributed by atoms with Crippen molar-refractivity contribution in [2.24, 2.45) is 0 Å². The number of methoxy groups -OCH3 is 1. The molecule has 0 spiro atoms. The third kappa shape index (κ3) is 4.41. The Morgan fingerprint density at radius 1 is 1.03 bits per heavy atom. The van der Waals surface area contributed by atoms with Gasteiger partial charge in [-0.05, 0) is 54.6 Å². The number of halogens is 1. The van der Waals surface area contributed by atoms with Gasteiger partial charge in [-0.1, -0.05) is 15.9 Å². The van der Waals surface area contributed by atoms with Crippen molar-refractivity contribution in [1.82, 2.24) is 25.1 Å². The van der Waals surface area contributed by atoms with Gasteiger partial charge < -0.3 is 14.8 Å². The summed E-state index contributed by atoms with van der Waals surface area (Å²) in [6.45, 7) is 0.628. The van der Waals surface area contributed by atoms with Crippen molar-refractivity contribution in [2.75, 3.05) is 20.3 Å². The van der Waals surface area contributed by atoms with Crippen LogP contribution in [0.15, 0.2) is 65.1 Å². The van der Waals surface area contributed by atoms with Gasteiger partial charge >= 0.3 is 0 Å². The number of hydrogen-bond acceptors (Lipinski definition) is 6. The zero-order valence-electron chi connectivity index (χ0n) is 16.1. The lowest BCUT2D eigenvalue weighted by atomic mass is 10.2. The highest BCUT2D eigenvalue weighted by molar-refractivity contribution is 9.10. The van der Waals surface area contributed by atoms with Crippen LogP contribution in [0.2, 0.25) is 0 Å². The lowest BCUT2D eigenvalue weighted by Gasteiger charge is -2.08. The number of rotatable bonds is 7. The molecule has 4 rings (SSSR count). The van der Waals surface area contributed by atoms with Gasteiger partial charge in [0.25, 0.3) is 5.91 Å². The van der Waals surface area contributed by atoms with Crippen LogP contribution in [-0.4, -0.2) is 46.0 Å². The molecule has 0 atom stereocenters. The fourth-order valence-corrected chi connectivity index (χ4v) is 3.06. The quantitative estimate of drug-likeness (QED) is 0.419. The van der Waals surface area contributed by atoms with Gasteiger partial charge in [0.15, 0.2) is 11.5 Å². The first-order chi connectivity index (χ1) is 14.6. The molecule has 0 aliphatic carbocycles. The predicted molar refractivity (Wildman–Crippen MR) is 115 cm³/mol. The summed E-state index contributed by atoms with van der Waals surface area (Å²) in [5.41, 5.74) is 2.05. The van der Waals surface area contributed by atoms with Gasteiger partial charge in [-0.2, -0.15) is 4.52 Å². The summed E-state index contributed by atoms with van der Waals surface area (Å²) >= 11 is 3.35. The fraction of sp³-hybridized carbons (Fsp3) is 0.143. The minimum atomic E-state index is -0.157. The van der Waals surface area contributed by atoms with E-state index in [1.165, 1.54) is 0 Å². The highest BCUT2D eigenvalue weighted by atomic mass is 79.9. The second kappa shape index (κ2) is 8.91. The van der Waals surface area contributed by atoms with Crippen LogP contribution in [-0.2, 0) is 0 Å². The number of amides is 1. The van der Waals surface area contributed by atoms with Crippen LogP contribution in [0, 0.1) is 0 Å². The largest absolute Gasteiger partial charge is 0.497 e. The Kier molecular flexibility index (Phi) is 5.89. The summed E-state index contributed by atoms with van der Waals surface area (Å²) in [6, 6.07) is 18.1. The Labute approximate surface area is 181 Å². The van der Waals surface area contributed by atoms with Gasteiger partial charge in [0.05, 0.1) is 13.7 Å². The molecule has 2 aromatic carbocycles. The normalized spacial score (nSPS) is 10.7. The van der Waals surface area contributed by atoms with Crippen molar-refractivity contribution < 1.29 is 14.3 Å². The van der Waals surface area contributed by atoms with E-state index in [4.69, 9.17) is 9.47 Å². The first-order valence-electron chi connectivity index (χ1n) is 9.17. The van der Waals surface area contributed by atoms with Crippen molar-refractivity contribution in [2.45, 2.75) is 0 Å². The number of nitrogens with zero attached hydrogens (tertiary/aromatic N) is 4. The molecular formula is C21H18BrN5O3. The van der Waals surface area contributed by atoms with Crippen molar-refractivity contribution in [3.05, 3.63) is 70.7 Å². The first kappa shape index (κ1) is 19.8. The fourth-order valence-electron chi connectivity index (χ4n) is 2.79. The monoisotopic (exact) mass is 467 g/mol. The number of hydrogen-bond donors (Lipinski definition) is 1. The third-order valence-electron chi connectivity index (χ3n) is 4.33. The van der Waals surface area contributed by atoms with E-state index in [0.29, 0.717) is 29.5 Å². The Bertz CT molecular complexity index is 1160. The Morgan fingerprint density at radius 2 is 1.80 bits per heavy atom. The van der Waals surface area contributed by atoms with Gasteiger partial charge in [0.2, 0.25) is 5.88 Å². The van der Waals surface area contributed by atoms with Crippen molar-refractivity contribution in [1.29, 1.82) is 0 Å². The third-order valence-corrected chi connectivity index (χ3v) is 4.86. The molecule has 0 saturated heterocycles. The number of aromatic nitrogens is 4. The number of fused-ring (bicyclic) bond motifs is 1. The van der Waals surface area contributed by atoms with E-state index in [2.05, 4.69) is 36.5 Å². The topological polar surface area (TPSA) is 90.6 Å². The molecule has 9 heteroatoms. The molecule has 8 nitrogen and oxygen atoms in total. The molecule has 0 aliphatic heterocycles. The van der Waals surface area contributed by atoms with Crippen LogP contribution in [0.4, 0.5) is 0 Å². The van der Waals surface area contributed by atoms with E-state index in [0.717, 1.165) is 15.8 Å². The van der Waals surface area contributed by atoms with E-state index in [1.807, 2.05) is 36.4 Å². The van der Waals surface area contributed by atoms with Crippen molar-refractivity contribution in [3.8, 4) is 23.0 Å². The maximum Gasteiger partial charge on any atom is 0.251 e. The molecule has 1 amide bonds. The van der Waals surface area contributed by atoms with Crippen LogP contribution < -0.4 is 14.8 Å². The van der Waals surface area contributed by atoms with Crippen molar-refractivity contribution in [3.63, 3.8) is 0 Å². The summed E-state index contributed by atoms with van der Waals surface area (Å²) in [5.74, 6) is 1.61. The van der Waals surface area contributed by atoms with Crippen LogP contribution in [0.5, 0.6) is 11.6 Å². The molecule has 4 aromatic rings. The highest BCUT2D eigenvalue weighted by Gasteiger charge is 2.11. The Morgan fingerprint density at radius 3 is 2.53 bits per heavy atom. The number of carbonyl (C=O) groups excluding carboxylic acids is 1. The van der Waals surface area contributed by atoms with E-state index in [9.17, 15) is 4.79 Å². The number of carbonyl (C=O) groups is 1. The first-order valence-corrected chi connectivity index (χ1v) is 9.97. The maximum atomic E-state index is 12.1. The molecule has 2 aromatic heterocycles. The summed E-state index contributed by atoms with van der Waals surface area (Å²) in [5, 5.41) is 15.6. The zero-order chi connectivity index (χ0) is 20.9. The van der Waals surface area contributed by atoms with Crippen LogP contribution in [0.25, 0.3) is 17.0 Å². The molecule has 0 aliphatic rings. The molecular weight excluding hydrogens is 450 g/mol. The van der Waals surface area contributed by atoms with Gasteiger partial charge in [0.1, 0.15) is 12.4 Å². The number of ether oxygens (including phenoxy) is 2. The van der Waals surface area contributed by atoms with Gasteiger partial charge in [0, 0.05) is 21.7 Å². The van der Waals surface area contributed by atoms with E-state index < -0.39 is 0 Å². The van der Waals surface area contributed by atoms with Gasteiger partial charge in [-0.15, -0.1) is 15.3 Å². The molecule has 0 unspecified atom stereocenters. The van der Waals surface area contributed by atoms with Gasteiger partial charge in [-0.25, -0.2) is 0 Å². The lowest BCUT2D eigenvalue weighted by Crippen LogP contribution is -2.28. The molecule has 30 heavy (non-hydrogen) atoms. The second-order valence-corrected chi connectivity index (χ2v) is 7.22. The lowest BCUT2D eigenvalue weighted by molar-refractivity contribution is 0.0946. The van der Waals surface area contributed by atoms with E-state index in [1.54, 1.807) is 35.9 Å².